The van der Waals surface area contributed by atoms with Crippen LogP contribution in [0.3, 0.4) is 0 Å². The minimum Gasteiger partial charge on any atom is -0.296 e. The Morgan fingerprint density at radius 2 is 2.16 bits per heavy atom. The van der Waals surface area contributed by atoms with Gasteiger partial charge in [-0.25, -0.2) is 14.4 Å². The lowest BCUT2D eigenvalue weighted by atomic mass is 9.93. The van der Waals surface area contributed by atoms with Gasteiger partial charge in [0.2, 0.25) is 11.9 Å². The molecule has 0 spiro atoms. The Labute approximate surface area is 147 Å². The molecular formula is C19H25FN4O. The van der Waals surface area contributed by atoms with E-state index >= 15 is 0 Å². The Morgan fingerprint density at radius 3 is 2.80 bits per heavy atom. The van der Waals surface area contributed by atoms with Crippen molar-refractivity contribution in [1.29, 1.82) is 0 Å². The van der Waals surface area contributed by atoms with Crippen molar-refractivity contribution in [3.8, 4) is 0 Å². The number of halogens is 1. The van der Waals surface area contributed by atoms with Crippen LogP contribution in [-0.4, -0.2) is 26.1 Å². The van der Waals surface area contributed by atoms with Crippen LogP contribution in [0.2, 0.25) is 0 Å². The van der Waals surface area contributed by atoms with Crippen molar-refractivity contribution in [3.05, 3.63) is 17.8 Å². The molecule has 2 aromatic rings. The number of pyridine rings is 1. The number of aromatic nitrogens is 3. The Bertz CT molecular complexity index is 809. The Hall–Kier alpha value is -1.98. The standard InChI is InChI=1S/C19H25FN4O/c1-12-6-7-15-17(21-12)24(14-4-3-5-14)18(22-15)23-16(25)10-13-8-9-19(2,20)11-13/h6-7,13-14H,3-5,8-11H2,1-2H3,(H,22,23,25). The van der Waals surface area contributed by atoms with Gasteiger partial charge in [0.25, 0.3) is 0 Å². The minimum atomic E-state index is -1.12. The number of amides is 1. The third-order valence-corrected chi connectivity index (χ3v) is 5.63. The lowest BCUT2D eigenvalue weighted by Gasteiger charge is -2.28. The Balaban J connectivity index is 1.55. The fourth-order valence-corrected chi connectivity index (χ4v) is 4.07. The van der Waals surface area contributed by atoms with E-state index in [9.17, 15) is 9.18 Å². The maximum atomic E-state index is 14.0. The molecule has 2 heterocycles. The molecule has 6 heteroatoms. The molecule has 134 valence electrons. The first kappa shape index (κ1) is 16.5. The molecule has 2 fully saturated rings. The number of anilines is 1. The quantitative estimate of drug-likeness (QED) is 0.898. The van der Waals surface area contributed by atoms with Gasteiger partial charge >= 0.3 is 0 Å². The number of hydrogen-bond donors (Lipinski definition) is 1. The van der Waals surface area contributed by atoms with Crippen molar-refractivity contribution < 1.29 is 9.18 Å². The highest BCUT2D eigenvalue weighted by molar-refractivity contribution is 5.91. The topological polar surface area (TPSA) is 59.8 Å². The zero-order chi connectivity index (χ0) is 17.6. The average Bonchev–Trinajstić information content (AvgIpc) is 2.98. The lowest BCUT2D eigenvalue weighted by molar-refractivity contribution is -0.117. The van der Waals surface area contributed by atoms with Crippen LogP contribution in [-0.2, 0) is 4.79 Å². The maximum absolute atomic E-state index is 14.0. The Morgan fingerprint density at radius 1 is 1.36 bits per heavy atom. The van der Waals surface area contributed by atoms with Crippen molar-refractivity contribution in [1.82, 2.24) is 14.5 Å². The third-order valence-electron chi connectivity index (χ3n) is 5.63. The van der Waals surface area contributed by atoms with Gasteiger partial charge in [-0.15, -0.1) is 0 Å². The summed E-state index contributed by atoms with van der Waals surface area (Å²) in [7, 11) is 0. The number of aryl methyl sites for hydroxylation is 1. The van der Waals surface area contributed by atoms with Gasteiger partial charge < -0.3 is 0 Å². The van der Waals surface area contributed by atoms with E-state index in [0.29, 0.717) is 31.3 Å². The summed E-state index contributed by atoms with van der Waals surface area (Å²) < 4.78 is 16.1. The predicted octanol–water partition coefficient (Wildman–Crippen LogP) is 4.32. The zero-order valence-electron chi connectivity index (χ0n) is 14.9. The van der Waals surface area contributed by atoms with Gasteiger partial charge in [-0.2, -0.15) is 0 Å². The van der Waals surface area contributed by atoms with E-state index in [1.165, 1.54) is 6.42 Å². The average molecular weight is 344 g/mol. The highest BCUT2D eigenvalue weighted by Gasteiger charge is 2.36. The molecule has 0 bridgehead atoms. The number of nitrogens with one attached hydrogen (secondary N) is 1. The fraction of sp³-hybridized carbons (Fsp3) is 0.632. The van der Waals surface area contributed by atoms with Crippen LogP contribution in [0.1, 0.15) is 63.6 Å². The van der Waals surface area contributed by atoms with Gasteiger partial charge in [0.1, 0.15) is 11.2 Å². The van der Waals surface area contributed by atoms with Crippen molar-refractivity contribution in [3.63, 3.8) is 0 Å². The number of carbonyl (C=O) groups is 1. The first-order valence-corrected chi connectivity index (χ1v) is 9.26. The fourth-order valence-electron chi connectivity index (χ4n) is 4.07. The molecule has 0 saturated heterocycles. The molecule has 4 rings (SSSR count). The molecule has 2 aliphatic rings. The molecule has 2 aromatic heterocycles. The molecule has 5 nitrogen and oxygen atoms in total. The normalized spacial score (nSPS) is 26.8. The number of nitrogens with zero attached hydrogens (tertiary/aromatic N) is 3. The molecule has 0 aromatic carbocycles. The van der Waals surface area contributed by atoms with Crippen LogP contribution in [0, 0.1) is 12.8 Å². The highest BCUT2D eigenvalue weighted by atomic mass is 19.1. The summed E-state index contributed by atoms with van der Waals surface area (Å²) in [6.45, 7) is 3.60. The smallest absolute Gasteiger partial charge is 0.226 e. The number of rotatable bonds is 4. The maximum Gasteiger partial charge on any atom is 0.226 e. The highest BCUT2D eigenvalue weighted by Crippen LogP contribution is 2.39. The summed E-state index contributed by atoms with van der Waals surface area (Å²) in [4.78, 5) is 21.7. The number of fused-ring (bicyclic) bond motifs is 1. The second-order valence-corrected chi connectivity index (χ2v) is 7.96. The van der Waals surface area contributed by atoms with Crippen LogP contribution in [0.25, 0.3) is 11.2 Å². The van der Waals surface area contributed by atoms with Crippen LogP contribution in [0.5, 0.6) is 0 Å². The van der Waals surface area contributed by atoms with E-state index in [1.54, 1.807) is 6.92 Å². The molecule has 2 unspecified atom stereocenters. The van der Waals surface area contributed by atoms with Gasteiger partial charge in [0.15, 0.2) is 5.65 Å². The Kier molecular flexibility index (Phi) is 4.01. The summed E-state index contributed by atoms with van der Waals surface area (Å²) in [5.74, 6) is 0.635. The van der Waals surface area contributed by atoms with Crippen LogP contribution in [0.4, 0.5) is 10.3 Å². The molecule has 2 aliphatic carbocycles. The third kappa shape index (κ3) is 3.26. The second kappa shape index (κ2) is 6.07. The van der Waals surface area contributed by atoms with E-state index < -0.39 is 5.67 Å². The van der Waals surface area contributed by atoms with Crippen molar-refractivity contribution in [2.75, 3.05) is 5.32 Å². The molecule has 0 aliphatic heterocycles. The van der Waals surface area contributed by atoms with Gasteiger partial charge in [-0.05, 0) is 70.4 Å². The SMILES string of the molecule is Cc1ccc2nc(NC(=O)CC3CCC(C)(F)C3)n(C3CCC3)c2n1. The summed E-state index contributed by atoms with van der Waals surface area (Å²) in [5, 5.41) is 2.97. The first-order valence-electron chi connectivity index (χ1n) is 9.26. The van der Waals surface area contributed by atoms with Crippen LogP contribution >= 0.6 is 0 Å². The number of hydrogen-bond acceptors (Lipinski definition) is 3. The van der Waals surface area contributed by atoms with Crippen LogP contribution in [0.15, 0.2) is 12.1 Å². The van der Waals surface area contributed by atoms with Gasteiger partial charge in [-0.1, -0.05) is 0 Å². The van der Waals surface area contributed by atoms with Crippen molar-refractivity contribution in [2.24, 2.45) is 5.92 Å². The lowest BCUT2D eigenvalue weighted by Crippen LogP contribution is -2.23. The predicted molar refractivity (Wildman–Crippen MR) is 95.3 cm³/mol. The largest absolute Gasteiger partial charge is 0.296 e. The van der Waals surface area contributed by atoms with E-state index in [4.69, 9.17) is 0 Å². The first-order chi connectivity index (χ1) is 11.9. The van der Waals surface area contributed by atoms with Crippen LogP contribution < -0.4 is 5.32 Å². The molecule has 25 heavy (non-hydrogen) atoms. The summed E-state index contributed by atoms with van der Waals surface area (Å²) in [6, 6.07) is 4.25. The molecular weight excluding hydrogens is 319 g/mol. The van der Waals surface area contributed by atoms with Gasteiger partial charge in [-0.3, -0.25) is 14.7 Å². The molecule has 2 atom stereocenters. The van der Waals surface area contributed by atoms with Crippen molar-refractivity contribution >= 4 is 23.0 Å². The monoisotopic (exact) mass is 344 g/mol. The second-order valence-electron chi connectivity index (χ2n) is 7.96. The van der Waals surface area contributed by atoms with E-state index in [0.717, 1.165) is 36.1 Å². The summed E-state index contributed by atoms with van der Waals surface area (Å²) >= 11 is 0. The summed E-state index contributed by atoms with van der Waals surface area (Å²) in [6.07, 6.45) is 5.54. The summed E-state index contributed by atoms with van der Waals surface area (Å²) in [5.41, 5.74) is 1.48. The number of carbonyl (C=O) groups excluding carboxylic acids is 1. The molecule has 0 radical (unpaired) electrons. The molecule has 1 N–H and O–H groups in total. The van der Waals surface area contributed by atoms with Gasteiger partial charge in [0.05, 0.1) is 0 Å². The molecule has 1 amide bonds. The van der Waals surface area contributed by atoms with Gasteiger partial charge in [0, 0.05) is 18.2 Å². The van der Waals surface area contributed by atoms with E-state index in [2.05, 4.69) is 19.9 Å². The van der Waals surface area contributed by atoms with E-state index in [1.807, 2.05) is 19.1 Å². The van der Waals surface area contributed by atoms with Crippen molar-refractivity contribution in [2.45, 2.75) is 70.5 Å². The number of imidazole rings is 1. The minimum absolute atomic E-state index is 0.0738. The molecule has 2 saturated carbocycles. The zero-order valence-corrected chi connectivity index (χ0v) is 14.9. The van der Waals surface area contributed by atoms with E-state index in [-0.39, 0.29) is 11.8 Å². The number of alkyl halides is 1.